The van der Waals surface area contributed by atoms with Crippen molar-refractivity contribution < 1.29 is 9.90 Å². The van der Waals surface area contributed by atoms with E-state index in [-0.39, 0.29) is 5.41 Å². The van der Waals surface area contributed by atoms with Gasteiger partial charge in [0.15, 0.2) is 0 Å². The van der Waals surface area contributed by atoms with Crippen LogP contribution in [0.2, 0.25) is 0 Å². The molecule has 2 rings (SSSR count). The minimum absolute atomic E-state index is 0.286. The van der Waals surface area contributed by atoms with Gasteiger partial charge in [0.2, 0.25) is 0 Å². The van der Waals surface area contributed by atoms with E-state index in [2.05, 4.69) is 17.2 Å². The van der Waals surface area contributed by atoms with Crippen molar-refractivity contribution in [3.05, 3.63) is 23.9 Å². The minimum atomic E-state index is -1.08. The molecule has 0 spiro atoms. The first kappa shape index (κ1) is 8.99. The molecule has 1 aliphatic carbocycles. The molecule has 0 bridgehead atoms. The average molecular weight is 192 g/mol. The molecule has 1 aromatic heterocycles. The highest BCUT2D eigenvalue weighted by Gasteiger charge is 2.39. The van der Waals surface area contributed by atoms with Gasteiger partial charge < -0.3 is 5.11 Å². The third kappa shape index (κ3) is 1.69. The number of hydrogen-bond donors (Lipinski definition) is 2. The second-order valence-electron chi connectivity index (χ2n) is 3.92. The lowest BCUT2D eigenvalue weighted by Gasteiger charge is -2.08. The molecule has 0 saturated heterocycles. The fourth-order valence-corrected chi connectivity index (χ4v) is 1.41. The second kappa shape index (κ2) is 2.97. The summed E-state index contributed by atoms with van der Waals surface area (Å²) < 4.78 is 0. The maximum Gasteiger partial charge on any atom is 0.410 e. The van der Waals surface area contributed by atoms with Crippen LogP contribution in [0.15, 0.2) is 18.3 Å². The third-order valence-corrected chi connectivity index (χ3v) is 2.70. The summed E-state index contributed by atoms with van der Waals surface area (Å²) in [6.07, 6.45) is 3.06. The van der Waals surface area contributed by atoms with Gasteiger partial charge in [0.05, 0.1) is 0 Å². The topological polar surface area (TPSA) is 62.2 Å². The molecule has 1 fully saturated rings. The Hall–Kier alpha value is -1.58. The molecular formula is C10H12N2O2. The number of carboxylic acid groups (broad SMARTS) is 1. The van der Waals surface area contributed by atoms with Crippen LogP contribution in [0.3, 0.4) is 0 Å². The van der Waals surface area contributed by atoms with Crippen molar-refractivity contribution in [3.63, 3.8) is 0 Å². The first-order valence-corrected chi connectivity index (χ1v) is 4.57. The largest absolute Gasteiger partial charge is 0.465 e. The summed E-state index contributed by atoms with van der Waals surface area (Å²) in [7, 11) is 0. The van der Waals surface area contributed by atoms with Gasteiger partial charge >= 0.3 is 6.09 Å². The van der Waals surface area contributed by atoms with E-state index >= 15 is 0 Å². The Labute approximate surface area is 82.0 Å². The lowest BCUT2D eigenvalue weighted by Crippen LogP contribution is -2.09. The fraction of sp³-hybridized carbons (Fsp3) is 0.400. The van der Waals surface area contributed by atoms with Crippen LogP contribution in [0.1, 0.15) is 25.3 Å². The molecule has 1 aromatic rings. The van der Waals surface area contributed by atoms with Crippen LogP contribution in [0.25, 0.3) is 0 Å². The van der Waals surface area contributed by atoms with Crippen LogP contribution in [0.5, 0.6) is 0 Å². The van der Waals surface area contributed by atoms with Gasteiger partial charge in [-0.3, -0.25) is 5.32 Å². The standard InChI is InChI=1S/C10H12N2O2/c1-10(4-5-10)7-2-3-8(11-6-7)12-9(13)14/h2-3,6H,4-5H2,1H3,(H,11,12)(H,13,14). The number of nitrogens with zero attached hydrogens (tertiary/aromatic N) is 1. The van der Waals surface area contributed by atoms with Gasteiger partial charge in [0, 0.05) is 6.20 Å². The summed E-state index contributed by atoms with van der Waals surface area (Å²) in [6.45, 7) is 2.19. The zero-order chi connectivity index (χ0) is 10.2. The highest BCUT2D eigenvalue weighted by molar-refractivity contribution is 5.81. The summed E-state index contributed by atoms with van der Waals surface area (Å²) in [5.74, 6) is 0.380. The number of aromatic nitrogens is 1. The number of carbonyl (C=O) groups is 1. The first-order valence-electron chi connectivity index (χ1n) is 4.57. The monoisotopic (exact) mass is 192 g/mol. The Morgan fingerprint density at radius 2 is 2.29 bits per heavy atom. The Bertz CT molecular complexity index is 355. The number of hydrogen-bond acceptors (Lipinski definition) is 2. The molecule has 0 aromatic carbocycles. The molecule has 0 atom stereocenters. The lowest BCUT2D eigenvalue weighted by molar-refractivity contribution is 0.209. The summed E-state index contributed by atoms with van der Waals surface area (Å²) in [6, 6.07) is 3.64. The van der Waals surface area contributed by atoms with Crippen LogP contribution in [0, 0.1) is 0 Å². The van der Waals surface area contributed by atoms with Crippen molar-refractivity contribution in [1.82, 2.24) is 4.98 Å². The number of anilines is 1. The molecule has 0 radical (unpaired) electrons. The number of amides is 1. The zero-order valence-corrected chi connectivity index (χ0v) is 7.95. The predicted octanol–water partition coefficient (Wildman–Crippen LogP) is 2.22. The molecule has 4 heteroatoms. The maximum absolute atomic E-state index is 10.3. The molecule has 14 heavy (non-hydrogen) atoms. The summed E-state index contributed by atoms with van der Waals surface area (Å²) >= 11 is 0. The predicted molar refractivity (Wildman–Crippen MR) is 52.5 cm³/mol. The van der Waals surface area contributed by atoms with Crippen molar-refractivity contribution >= 4 is 11.9 Å². The molecule has 1 saturated carbocycles. The average Bonchev–Trinajstić information content (AvgIpc) is 2.85. The number of nitrogens with one attached hydrogen (secondary N) is 1. The van der Waals surface area contributed by atoms with Crippen molar-refractivity contribution in [2.75, 3.05) is 5.32 Å². The van der Waals surface area contributed by atoms with E-state index in [4.69, 9.17) is 5.11 Å². The highest BCUT2D eigenvalue weighted by Crippen LogP contribution is 2.47. The summed E-state index contributed by atoms with van der Waals surface area (Å²) in [4.78, 5) is 14.3. The molecule has 0 unspecified atom stereocenters. The van der Waals surface area contributed by atoms with Crippen LogP contribution in [-0.4, -0.2) is 16.2 Å². The molecule has 0 aliphatic heterocycles. The Balaban J connectivity index is 2.14. The van der Waals surface area contributed by atoms with Crippen LogP contribution < -0.4 is 5.32 Å². The van der Waals surface area contributed by atoms with E-state index in [0.29, 0.717) is 5.82 Å². The van der Waals surface area contributed by atoms with E-state index < -0.39 is 6.09 Å². The summed E-state index contributed by atoms with van der Waals surface area (Å²) in [5, 5.41) is 10.7. The van der Waals surface area contributed by atoms with Gasteiger partial charge in [-0.2, -0.15) is 0 Å². The molecule has 1 aliphatic rings. The van der Waals surface area contributed by atoms with Crippen molar-refractivity contribution in [2.24, 2.45) is 0 Å². The van der Waals surface area contributed by atoms with E-state index in [1.165, 1.54) is 18.4 Å². The van der Waals surface area contributed by atoms with E-state index in [1.807, 2.05) is 6.07 Å². The fourth-order valence-electron chi connectivity index (χ4n) is 1.41. The minimum Gasteiger partial charge on any atom is -0.465 e. The zero-order valence-electron chi connectivity index (χ0n) is 7.95. The van der Waals surface area contributed by atoms with Crippen LogP contribution in [0.4, 0.5) is 10.6 Å². The van der Waals surface area contributed by atoms with Gasteiger partial charge in [-0.25, -0.2) is 9.78 Å². The summed E-state index contributed by atoms with van der Waals surface area (Å²) in [5.41, 5.74) is 1.47. The van der Waals surface area contributed by atoms with Gasteiger partial charge in [-0.1, -0.05) is 13.0 Å². The lowest BCUT2D eigenvalue weighted by atomic mass is 10.0. The van der Waals surface area contributed by atoms with Crippen molar-refractivity contribution in [1.29, 1.82) is 0 Å². The first-order chi connectivity index (χ1) is 6.60. The molecule has 1 heterocycles. The van der Waals surface area contributed by atoms with Crippen molar-refractivity contribution in [3.8, 4) is 0 Å². The smallest absolute Gasteiger partial charge is 0.410 e. The quantitative estimate of drug-likeness (QED) is 0.755. The molecular weight excluding hydrogens is 180 g/mol. The van der Waals surface area contributed by atoms with Crippen molar-refractivity contribution in [2.45, 2.75) is 25.2 Å². The van der Waals surface area contributed by atoms with Gasteiger partial charge in [0.25, 0.3) is 0 Å². The number of pyridine rings is 1. The van der Waals surface area contributed by atoms with Gasteiger partial charge in [0.1, 0.15) is 5.82 Å². The van der Waals surface area contributed by atoms with Gasteiger partial charge in [-0.05, 0) is 29.9 Å². The van der Waals surface area contributed by atoms with Crippen LogP contribution in [-0.2, 0) is 5.41 Å². The maximum atomic E-state index is 10.3. The van der Waals surface area contributed by atoms with E-state index in [9.17, 15) is 4.79 Å². The molecule has 4 nitrogen and oxygen atoms in total. The molecule has 2 N–H and O–H groups in total. The highest BCUT2D eigenvalue weighted by atomic mass is 16.4. The number of rotatable bonds is 2. The molecule has 1 amide bonds. The Morgan fingerprint density at radius 1 is 1.57 bits per heavy atom. The third-order valence-electron chi connectivity index (χ3n) is 2.70. The molecule has 74 valence electrons. The SMILES string of the molecule is CC1(c2ccc(NC(=O)O)nc2)CC1. The van der Waals surface area contributed by atoms with E-state index in [0.717, 1.165) is 0 Å². The Morgan fingerprint density at radius 3 is 2.71 bits per heavy atom. The second-order valence-corrected chi connectivity index (χ2v) is 3.92. The normalized spacial score (nSPS) is 17.5. The van der Waals surface area contributed by atoms with Gasteiger partial charge in [-0.15, -0.1) is 0 Å². The van der Waals surface area contributed by atoms with E-state index in [1.54, 1.807) is 12.3 Å². The van der Waals surface area contributed by atoms with Crippen LogP contribution >= 0.6 is 0 Å². The Kier molecular flexibility index (Phi) is 1.91.